The van der Waals surface area contributed by atoms with Crippen LogP contribution in [0.1, 0.15) is 37.0 Å². The Kier molecular flexibility index (Phi) is 4.59. The van der Waals surface area contributed by atoms with Crippen molar-refractivity contribution in [3.63, 3.8) is 0 Å². The number of likely N-dealkylation sites (N-methyl/N-ethyl adjacent to an activating group) is 2. The first kappa shape index (κ1) is 14.1. The van der Waals surface area contributed by atoms with Crippen LogP contribution in [0.5, 0.6) is 0 Å². The maximum Gasteiger partial charge on any atom is 0.159 e. The third-order valence-corrected chi connectivity index (χ3v) is 4.10. The molecule has 1 aliphatic rings. The number of Topliss-reactive ketones (excluding diaryl/α,β-unsaturated/α-hetero) is 1. The van der Waals surface area contributed by atoms with Gasteiger partial charge in [0.15, 0.2) is 5.78 Å². The Morgan fingerprint density at radius 3 is 2.63 bits per heavy atom. The summed E-state index contributed by atoms with van der Waals surface area (Å²) in [6.45, 7) is 7.28. The molecule has 3 nitrogen and oxygen atoms in total. The summed E-state index contributed by atoms with van der Waals surface area (Å²) in [6.07, 6.45) is 2.61. The van der Waals surface area contributed by atoms with Crippen LogP contribution in [-0.4, -0.2) is 43.4 Å². The molecular formula is C16H24N2O. The second kappa shape index (κ2) is 6.20. The summed E-state index contributed by atoms with van der Waals surface area (Å²) in [5.41, 5.74) is 1.97. The van der Waals surface area contributed by atoms with E-state index in [1.807, 2.05) is 24.3 Å². The van der Waals surface area contributed by atoms with Gasteiger partial charge in [0.1, 0.15) is 0 Å². The van der Waals surface area contributed by atoms with Crippen LogP contribution in [0.15, 0.2) is 24.3 Å². The summed E-state index contributed by atoms with van der Waals surface area (Å²) < 4.78 is 0. The Labute approximate surface area is 116 Å². The molecule has 1 unspecified atom stereocenters. The van der Waals surface area contributed by atoms with Gasteiger partial charge in [-0.2, -0.15) is 0 Å². The number of likely N-dealkylation sites (tertiary alicyclic amines) is 1. The molecule has 1 aromatic carbocycles. The minimum atomic E-state index is 0.127. The van der Waals surface area contributed by atoms with Crippen molar-refractivity contribution < 1.29 is 4.79 Å². The average Bonchev–Trinajstić information content (AvgIpc) is 2.86. The van der Waals surface area contributed by atoms with Crippen LogP contribution in [0, 0.1) is 0 Å². The van der Waals surface area contributed by atoms with Crippen LogP contribution in [0.25, 0.3) is 0 Å². The van der Waals surface area contributed by atoms with E-state index in [0.717, 1.165) is 18.7 Å². The minimum Gasteiger partial charge on any atom is -0.373 e. The van der Waals surface area contributed by atoms with Crippen molar-refractivity contribution in [1.82, 2.24) is 4.90 Å². The topological polar surface area (TPSA) is 23.6 Å². The SMILES string of the molecule is CCN1CCCC1CN(C)c1ccc(C(C)=O)cc1. The van der Waals surface area contributed by atoms with E-state index in [9.17, 15) is 4.79 Å². The van der Waals surface area contributed by atoms with Crippen LogP contribution in [0.3, 0.4) is 0 Å². The first-order chi connectivity index (χ1) is 9.11. The highest BCUT2D eigenvalue weighted by atomic mass is 16.1. The zero-order valence-corrected chi connectivity index (χ0v) is 12.2. The molecule has 3 heteroatoms. The number of ketones is 1. The molecular weight excluding hydrogens is 236 g/mol. The molecule has 19 heavy (non-hydrogen) atoms. The van der Waals surface area contributed by atoms with Crippen molar-refractivity contribution in [3.05, 3.63) is 29.8 Å². The second-order valence-electron chi connectivity index (χ2n) is 5.41. The van der Waals surface area contributed by atoms with Gasteiger partial charge in [0.05, 0.1) is 0 Å². The van der Waals surface area contributed by atoms with Gasteiger partial charge in [0.2, 0.25) is 0 Å². The molecule has 104 valence electrons. The number of benzene rings is 1. The molecule has 1 fully saturated rings. The van der Waals surface area contributed by atoms with Gasteiger partial charge in [0, 0.05) is 30.9 Å². The monoisotopic (exact) mass is 260 g/mol. The van der Waals surface area contributed by atoms with Crippen molar-refractivity contribution in [2.45, 2.75) is 32.7 Å². The number of carbonyl (C=O) groups is 1. The molecule has 1 atom stereocenters. The fraction of sp³-hybridized carbons (Fsp3) is 0.562. The Morgan fingerprint density at radius 1 is 1.37 bits per heavy atom. The number of carbonyl (C=O) groups excluding carboxylic acids is 1. The molecule has 0 spiro atoms. The van der Waals surface area contributed by atoms with E-state index in [1.54, 1.807) is 6.92 Å². The quantitative estimate of drug-likeness (QED) is 0.761. The van der Waals surface area contributed by atoms with Gasteiger partial charge in [-0.15, -0.1) is 0 Å². The van der Waals surface area contributed by atoms with Crippen LogP contribution < -0.4 is 4.90 Å². The summed E-state index contributed by atoms with van der Waals surface area (Å²) >= 11 is 0. The van der Waals surface area contributed by atoms with E-state index >= 15 is 0 Å². The number of rotatable bonds is 5. The van der Waals surface area contributed by atoms with E-state index < -0.39 is 0 Å². The lowest BCUT2D eigenvalue weighted by molar-refractivity contribution is 0.101. The van der Waals surface area contributed by atoms with Gasteiger partial charge >= 0.3 is 0 Å². The van der Waals surface area contributed by atoms with Gasteiger partial charge in [0.25, 0.3) is 0 Å². The molecule has 1 aromatic rings. The fourth-order valence-corrected chi connectivity index (χ4v) is 2.89. The first-order valence-electron chi connectivity index (χ1n) is 7.18. The molecule has 2 rings (SSSR count). The largest absolute Gasteiger partial charge is 0.373 e. The van der Waals surface area contributed by atoms with E-state index in [1.165, 1.54) is 25.1 Å². The number of hydrogen-bond donors (Lipinski definition) is 0. The highest BCUT2D eigenvalue weighted by Crippen LogP contribution is 2.20. The summed E-state index contributed by atoms with van der Waals surface area (Å²) in [5.74, 6) is 0.127. The molecule has 1 saturated heterocycles. The molecule has 0 amide bonds. The van der Waals surface area contributed by atoms with E-state index in [2.05, 4.69) is 23.8 Å². The second-order valence-corrected chi connectivity index (χ2v) is 5.41. The van der Waals surface area contributed by atoms with Crippen molar-refractivity contribution >= 4 is 11.5 Å². The lowest BCUT2D eigenvalue weighted by Crippen LogP contribution is -2.38. The molecule has 1 aliphatic heterocycles. The number of anilines is 1. The summed E-state index contributed by atoms with van der Waals surface area (Å²) in [7, 11) is 2.13. The Bertz CT molecular complexity index is 427. The van der Waals surface area contributed by atoms with Crippen molar-refractivity contribution in [1.29, 1.82) is 0 Å². The Morgan fingerprint density at radius 2 is 2.05 bits per heavy atom. The van der Waals surface area contributed by atoms with Crippen LogP contribution >= 0.6 is 0 Å². The maximum atomic E-state index is 11.3. The van der Waals surface area contributed by atoms with Crippen LogP contribution in [0.2, 0.25) is 0 Å². The fourth-order valence-electron chi connectivity index (χ4n) is 2.89. The third-order valence-electron chi connectivity index (χ3n) is 4.10. The van der Waals surface area contributed by atoms with E-state index in [-0.39, 0.29) is 5.78 Å². The Hall–Kier alpha value is -1.35. The van der Waals surface area contributed by atoms with Crippen molar-refractivity contribution in [2.24, 2.45) is 0 Å². The van der Waals surface area contributed by atoms with Gasteiger partial charge in [-0.3, -0.25) is 9.69 Å². The highest BCUT2D eigenvalue weighted by Gasteiger charge is 2.24. The Balaban J connectivity index is 1.99. The number of hydrogen-bond acceptors (Lipinski definition) is 3. The summed E-state index contributed by atoms with van der Waals surface area (Å²) in [4.78, 5) is 16.1. The summed E-state index contributed by atoms with van der Waals surface area (Å²) in [6, 6.07) is 8.59. The average molecular weight is 260 g/mol. The van der Waals surface area contributed by atoms with Gasteiger partial charge in [-0.1, -0.05) is 6.92 Å². The van der Waals surface area contributed by atoms with Gasteiger partial charge in [-0.05, 0) is 57.1 Å². The molecule has 0 bridgehead atoms. The zero-order valence-electron chi connectivity index (χ0n) is 12.2. The minimum absolute atomic E-state index is 0.127. The normalized spacial score (nSPS) is 19.6. The van der Waals surface area contributed by atoms with Gasteiger partial charge < -0.3 is 4.90 Å². The molecule has 0 N–H and O–H groups in total. The number of nitrogens with zero attached hydrogens (tertiary/aromatic N) is 2. The highest BCUT2D eigenvalue weighted by molar-refractivity contribution is 5.94. The third kappa shape index (κ3) is 3.35. The van der Waals surface area contributed by atoms with Crippen LogP contribution in [-0.2, 0) is 0 Å². The lowest BCUT2D eigenvalue weighted by Gasteiger charge is -2.29. The standard InChI is InChI=1S/C16H24N2O/c1-4-18-11-5-6-16(18)12-17(3)15-9-7-14(8-10-15)13(2)19/h7-10,16H,4-6,11-12H2,1-3H3. The smallest absolute Gasteiger partial charge is 0.159 e. The van der Waals surface area contributed by atoms with E-state index in [4.69, 9.17) is 0 Å². The molecule has 0 aliphatic carbocycles. The molecule has 0 radical (unpaired) electrons. The molecule has 0 saturated carbocycles. The maximum absolute atomic E-state index is 11.3. The van der Waals surface area contributed by atoms with Crippen LogP contribution in [0.4, 0.5) is 5.69 Å². The predicted molar refractivity (Wildman–Crippen MR) is 80.0 cm³/mol. The molecule has 1 heterocycles. The lowest BCUT2D eigenvalue weighted by atomic mass is 10.1. The zero-order chi connectivity index (χ0) is 13.8. The van der Waals surface area contributed by atoms with E-state index in [0.29, 0.717) is 6.04 Å². The summed E-state index contributed by atoms with van der Waals surface area (Å²) in [5, 5.41) is 0. The predicted octanol–water partition coefficient (Wildman–Crippen LogP) is 2.81. The molecule has 0 aromatic heterocycles. The van der Waals surface area contributed by atoms with Crippen molar-refractivity contribution in [3.8, 4) is 0 Å². The first-order valence-corrected chi connectivity index (χ1v) is 7.18. The van der Waals surface area contributed by atoms with Crippen molar-refractivity contribution in [2.75, 3.05) is 31.6 Å². The van der Waals surface area contributed by atoms with Gasteiger partial charge in [-0.25, -0.2) is 0 Å².